The quantitative estimate of drug-likeness (QED) is 0.483. The number of benzene rings is 1. The summed E-state index contributed by atoms with van der Waals surface area (Å²) in [5.41, 5.74) is 1.21. The van der Waals surface area contributed by atoms with E-state index in [4.69, 9.17) is 0 Å². The molecule has 1 aromatic heterocycles. The summed E-state index contributed by atoms with van der Waals surface area (Å²) in [6.45, 7) is 5.24. The van der Waals surface area contributed by atoms with Gasteiger partial charge in [0.1, 0.15) is 0 Å². The fourth-order valence-corrected chi connectivity index (χ4v) is 2.67. The number of nitrogens with zero attached hydrogens (tertiary/aromatic N) is 2. The number of halogens is 1. The molecule has 17 heavy (non-hydrogen) atoms. The molecule has 4 nitrogen and oxygen atoms in total. The average molecular weight is 344 g/mol. The fourth-order valence-electron chi connectivity index (χ4n) is 1.90. The van der Waals surface area contributed by atoms with Crippen molar-refractivity contribution in [2.24, 2.45) is 5.92 Å². The predicted octanol–water partition coefficient (Wildman–Crippen LogP) is 3.81. The van der Waals surface area contributed by atoms with Crippen LogP contribution in [-0.2, 0) is 6.54 Å². The van der Waals surface area contributed by atoms with Gasteiger partial charge < -0.3 is 4.57 Å². The van der Waals surface area contributed by atoms with Gasteiger partial charge in [0, 0.05) is 39.3 Å². The molecule has 0 unspecified atom stereocenters. The van der Waals surface area contributed by atoms with Crippen LogP contribution in [-0.4, -0.2) is 9.49 Å². The van der Waals surface area contributed by atoms with Crippen LogP contribution in [0.5, 0.6) is 0 Å². The van der Waals surface area contributed by atoms with Crippen LogP contribution in [0.25, 0.3) is 10.9 Å². The zero-order chi connectivity index (χ0) is 12.6. The van der Waals surface area contributed by atoms with Gasteiger partial charge in [-0.25, -0.2) is 0 Å². The van der Waals surface area contributed by atoms with Crippen LogP contribution in [0.1, 0.15) is 13.8 Å². The molecule has 0 saturated carbocycles. The molecule has 0 saturated heterocycles. The molecule has 0 spiro atoms. The summed E-state index contributed by atoms with van der Waals surface area (Å²) in [5, 5.41) is 11.7. The standard InChI is InChI=1S/C12H13IN2O2/c1-8(2)6-14-7-11(13)10-5-9(15(16)17)3-4-12(10)14/h3-5,7-8H,6H2,1-2H3. The Morgan fingerprint density at radius 2 is 2.18 bits per heavy atom. The number of nitro benzene ring substituents is 1. The first-order chi connectivity index (χ1) is 7.99. The van der Waals surface area contributed by atoms with Gasteiger partial charge in [-0.15, -0.1) is 0 Å². The summed E-state index contributed by atoms with van der Waals surface area (Å²) in [5.74, 6) is 0.552. The van der Waals surface area contributed by atoms with Crippen LogP contribution < -0.4 is 0 Å². The molecule has 1 aromatic carbocycles. The monoisotopic (exact) mass is 344 g/mol. The molecule has 0 amide bonds. The van der Waals surface area contributed by atoms with E-state index in [1.54, 1.807) is 12.1 Å². The van der Waals surface area contributed by atoms with Crippen LogP contribution in [0.3, 0.4) is 0 Å². The lowest BCUT2D eigenvalue weighted by atomic mass is 10.2. The molecule has 0 aliphatic carbocycles. The van der Waals surface area contributed by atoms with E-state index in [0.717, 1.165) is 21.0 Å². The molecule has 0 fully saturated rings. The lowest BCUT2D eigenvalue weighted by Crippen LogP contribution is -2.02. The van der Waals surface area contributed by atoms with Crippen molar-refractivity contribution >= 4 is 39.2 Å². The summed E-state index contributed by atoms with van der Waals surface area (Å²) >= 11 is 2.22. The second-order valence-electron chi connectivity index (χ2n) is 4.48. The number of rotatable bonds is 3. The molecule has 0 N–H and O–H groups in total. The minimum absolute atomic E-state index is 0.151. The van der Waals surface area contributed by atoms with Gasteiger partial charge >= 0.3 is 0 Å². The molecule has 1 heterocycles. The van der Waals surface area contributed by atoms with Gasteiger partial charge in [0.05, 0.1) is 4.92 Å². The second-order valence-corrected chi connectivity index (χ2v) is 5.64. The third kappa shape index (κ3) is 2.43. The van der Waals surface area contributed by atoms with Gasteiger partial charge in [-0.1, -0.05) is 13.8 Å². The van der Waals surface area contributed by atoms with Crippen LogP contribution >= 0.6 is 22.6 Å². The van der Waals surface area contributed by atoms with Crippen molar-refractivity contribution in [1.29, 1.82) is 0 Å². The minimum Gasteiger partial charge on any atom is -0.346 e. The van der Waals surface area contributed by atoms with E-state index in [-0.39, 0.29) is 10.6 Å². The van der Waals surface area contributed by atoms with Crippen molar-refractivity contribution in [1.82, 2.24) is 4.57 Å². The number of aromatic nitrogens is 1. The number of nitro groups is 1. The van der Waals surface area contributed by atoms with Crippen LogP contribution in [0.4, 0.5) is 5.69 Å². The van der Waals surface area contributed by atoms with Crippen LogP contribution in [0, 0.1) is 19.6 Å². The summed E-state index contributed by atoms with van der Waals surface area (Å²) in [4.78, 5) is 10.4. The molecule has 2 aromatic rings. The lowest BCUT2D eigenvalue weighted by Gasteiger charge is -2.07. The highest BCUT2D eigenvalue weighted by Crippen LogP contribution is 2.27. The Morgan fingerprint density at radius 1 is 1.47 bits per heavy atom. The number of hydrogen-bond acceptors (Lipinski definition) is 2. The smallest absolute Gasteiger partial charge is 0.270 e. The molecule has 0 aliphatic rings. The van der Waals surface area contributed by atoms with Gasteiger partial charge in [-0.2, -0.15) is 0 Å². The fraction of sp³-hybridized carbons (Fsp3) is 0.333. The number of hydrogen-bond donors (Lipinski definition) is 0. The summed E-state index contributed by atoms with van der Waals surface area (Å²) in [7, 11) is 0. The molecule has 0 atom stereocenters. The Labute approximate surface area is 113 Å². The maximum atomic E-state index is 10.7. The van der Waals surface area contributed by atoms with Crippen molar-refractivity contribution in [3.05, 3.63) is 38.1 Å². The molecular weight excluding hydrogens is 331 g/mol. The van der Waals surface area contributed by atoms with E-state index < -0.39 is 0 Å². The number of non-ortho nitro benzene ring substituents is 1. The minimum atomic E-state index is -0.352. The summed E-state index contributed by atoms with van der Waals surface area (Å²) < 4.78 is 3.22. The zero-order valence-electron chi connectivity index (χ0n) is 9.68. The van der Waals surface area contributed by atoms with E-state index in [1.807, 2.05) is 6.07 Å². The first-order valence-corrected chi connectivity index (χ1v) is 6.49. The maximum absolute atomic E-state index is 10.7. The van der Waals surface area contributed by atoms with Crippen LogP contribution in [0.15, 0.2) is 24.4 Å². The molecular formula is C12H13IN2O2. The van der Waals surface area contributed by atoms with Crippen molar-refractivity contribution in [3.8, 4) is 0 Å². The topological polar surface area (TPSA) is 48.1 Å². The SMILES string of the molecule is CC(C)Cn1cc(I)c2cc([N+](=O)[O-])ccc21. The van der Waals surface area contributed by atoms with E-state index in [9.17, 15) is 10.1 Å². The van der Waals surface area contributed by atoms with E-state index in [0.29, 0.717) is 5.92 Å². The Kier molecular flexibility index (Phi) is 3.37. The molecule has 0 radical (unpaired) electrons. The summed E-state index contributed by atoms with van der Waals surface area (Å²) in [6.07, 6.45) is 2.05. The third-order valence-corrected chi connectivity index (χ3v) is 3.45. The number of fused-ring (bicyclic) bond motifs is 1. The van der Waals surface area contributed by atoms with Gasteiger partial charge in [0.2, 0.25) is 0 Å². The highest BCUT2D eigenvalue weighted by molar-refractivity contribution is 14.1. The van der Waals surface area contributed by atoms with E-state index in [1.165, 1.54) is 0 Å². The van der Waals surface area contributed by atoms with Crippen molar-refractivity contribution < 1.29 is 4.92 Å². The first kappa shape index (κ1) is 12.3. The molecule has 0 aliphatic heterocycles. The lowest BCUT2D eigenvalue weighted by molar-refractivity contribution is -0.384. The Bertz CT molecular complexity index is 575. The molecule has 5 heteroatoms. The third-order valence-electron chi connectivity index (χ3n) is 2.59. The molecule has 0 bridgehead atoms. The van der Waals surface area contributed by atoms with E-state index in [2.05, 4.69) is 47.2 Å². The van der Waals surface area contributed by atoms with E-state index >= 15 is 0 Å². The molecule has 90 valence electrons. The van der Waals surface area contributed by atoms with Gasteiger partial charge in [-0.05, 0) is 34.6 Å². The Balaban J connectivity index is 2.57. The highest BCUT2D eigenvalue weighted by atomic mass is 127. The summed E-state index contributed by atoms with van der Waals surface area (Å²) in [6, 6.07) is 5.04. The van der Waals surface area contributed by atoms with Crippen molar-refractivity contribution in [3.63, 3.8) is 0 Å². The average Bonchev–Trinajstić information content (AvgIpc) is 2.54. The Hall–Kier alpha value is -1.11. The molecule has 2 rings (SSSR count). The van der Waals surface area contributed by atoms with Crippen molar-refractivity contribution in [2.45, 2.75) is 20.4 Å². The zero-order valence-corrected chi connectivity index (χ0v) is 11.8. The Morgan fingerprint density at radius 3 is 2.76 bits per heavy atom. The predicted molar refractivity (Wildman–Crippen MR) is 76.1 cm³/mol. The maximum Gasteiger partial charge on any atom is 0.270 e. The van der Waals surface area contributed by atoms with Gasteiger partial charge in [0.15, 0.2) is 0 Å². The first-order valence-electron chi connectivity index (χ1n) is 5.42. The normalized spacial score (nSPS) is 11.3. The van der Waals surface area contributed by atoms with Gasteiger partial charge in [0.25, 0.3) is 5.69 Å². The van der Waals surface area contributed by atoms with Crippen molar-refractivity contribution in [2.75, 3.05) is 0 Å². The van der Waals surface area contributed by atoms with Gasteiger partial charge in [-0.3, -0.25) is 10.1 Å². The largest absolute Gasteiger partial charge is 0.346 e. The highest BCUT2D eigenvalue weighted by Gasteiger charge is 2.12. The van der Waals surface area contributed by atoms with Crippen LogP contribution in [0.2, 0.25) is 0 Å². The second kappa shape index (κ2) is 4.64.